The highest BCUT2D eigenvalue weighted by Gasteiger charge is 2.23. The molecule has 0 aliphatic heterocycles. The van der Waals surface area contributed by atoms with E-state index in [-0.39, 0.29) is 5.82 Å². The molecule has 1 aliphatic rings. The summed E-state index contributed by atoms with van der Waals surface area (Å²) in [4.78, 5) is 7.29. The molecular formula is C31H42FN3O3. The lowest BCUT2D eigenvalue weighted by atomic mass is 9.89. The van der Waals surface area contributed by atoms with Crippen LogP contribution in [0.15, 0.2) is 42.6 Å². The topological polar surface area (TPSA) is 48.8 Å². The van der Waals surface area contributed by atoms with Crippen LogP contribution in [0.5, 0.6) is 17.2 Å². The van der Waals surface area contributed by atoms with Gasteiger partial charge in [0.05, 0.1) is 33.2 Å². The van der Waals surface area contributed by atoms with Gasteiger partial charge in [0, 0.05) is 37.3 Å². The molecule has 0 unspecified atom stereocenters. The lowest BCUT2D eigenvalue weighted by Crippen LogP contribution is -2.31. The van der Waals surface area contributed by atoms with E-state index >= 15 is 0 Å². The number of benzene rings is 2. The van der Waals surface area contributed by atoms with Gasteiger partial charge < -0.3 is 18.8 Å². The molecule has 0 atom stereocenters. The number of halogens is 1. The van der Waals surface area contributed by atoms with Crippen LogP contribution in [0, 0.1) is 11.7 Å². The number of ether oxygens (including phenoxy) is 3. The summed E-state index contributed by atoms with van der Waals surface area (Å²) in [5.41, 5.74) is 3.02. The molecule has 0 radical (unpaired) electrons. The molecule has 38 heavy (non-hydrogen) atoms. The molecule has 4 rings (SSSR count). The average Bonchev–Trinajstić information content (AvgIpc) is 3.34. The summed E-state index contributed by atoms with van der Waals surface area (Å²) < 4.78 is 33.3. The SMILES string of the molecule is CCCCn1c(CN(Cc2ccc(OC)c(OC)c2OC)CC2CCCCC2)cnc1-c1cccc(F)c1. The minimum atomic E-state index is -0.242. The molecule has 1 heterocycles. The van der Waals surface area contributed by atoms with Gasteiger partial charge in [-0.3, -0.25) is 4.90 Å². The number of unbranched alkanes of at least 4 members (excludes halogenated alkanes) is 1. The molecule has 0 N–H and O–H groups in total. The van der Waals surface area contributed by atoms with Crippen LogP contribution in [-0.2, 0) is 19.6 Å². The Hall–Kier alpha value is -3.06. The predicted molar refractivity (Wildman–Crippen MR) is 149 cm³/mol. The molecule has 7 heteroatoms. The normalized spacial score (nSPS) is 14.2. The third kappa shape index (κ3) is 6.68. The fraction of sp³-hybridized carbons (Fsp3) is 0.516. The quantitative estimate of drug-likeness (QED) is 0.239. The number of methoxy groups -OCH3 is 3. The number of hydrogen-bond acceptors (Lipinski definition) is 5. The lowest BCUT2D eigenvalue weighted by molar-refractivity contribution is 0.181. The van der Waals surface area contributed by atoms with Gasteiger partial charge in [0.25, 0.3) is 0 Å². The Morgan fingerprint density at radius 1 is 0.974 bits per heavy atom. The number of aromatic nitrogens is 2. The fourth-order valence-corrected chi connectivity index (χ4v) is 5.64. The van der Waals surface area contributed by atoms with Crippen molar-refractivity contribution in [3.8, 4) is 28.6 Å². The summed E-state index contributed by atoms with van der Waals surface area (Å²) in [7, 11) is 4.96. The minimum Gasteiger partial charge on any atom is -0.493 e. The van der Waals surface area contributed by atoms with Crippen LogP contribution < -0.4 is 14.2 Å². The van der Waals surface area contributed by atoms with Gasteiger partial charge in [0.2, 0.25) is 5.75 Å². The van der Waals surface area contributed by atoms with Crippen molar-refractivity contribution in [3.63, 3.8) is 0 Å². The average molecular weight is 524 g/mol. The Kier molecular flexibility index (Phi) is 10.0. The highest BCUT2D eigenvalue weighted by molar-refractivity contribution is 5.57. The van der Waals surface area contributed by atoms with Crippen LogP contribution in [0.2, 0.25) is 0 Å². The maximum atomic E-state index is 14.1. The number of nitrogens with zero attached hydrogens (tertiary/aromatic N) is 3. The van der Waals surface area contributed by atoms with Gasteiger partial charge in [-0.25, -0.2) is 9.37 Å². The predicted octanol–water partition coefficient (Wildman–Crippen LogP) is 7.10. The van der Waals surface area contributed by atoms with Crippen LogP contribution in [0.25, 0.3) is 11.4 Å². The molecule has 1 fully saturated rings. The largest absolute Gasteiger partial charge is 0.493 e. The van der Waals surface area contributed by atoms with Crippen molar-refractivity contribution < 1.29 is 18.6 Å². The first-order valence-electron chi connectivity index (χ1n) is 13.9. The second-order valence-corrected chi connectivity index (χ2v) is 10.3. The third-order valence-electron chi connectivity index (χ3n) is 7.56. The Morgan fingerprint density at radius 3 is 2.45 bits per heavy atom. The summed E-state index contributed by atoms with van der Waals surface area (Å²) in [6, 6.07) is 10.8. The Balaban J connectivity index is 1.67. The minimum absolute atomic E-state index is 0.242. The zero-order chi connectivity index (χ0) is 26.9. The van der Waals surface area contributed by atoms with E-state index in [9.17, 15) is 4.39 Å². The monoisotopic (exact) mass is 523 g/mol. The Morgan fingerprint density at radius 2 is 1.76 bits per heavy atom. The first-order chi connectivity index (χ1) is 18.6. The van der Waals surface area contributed by atoms with E-state index in [1.165, 1.54) is 38.2 Å². The fourth-order valence-electron chi connectivity index (χ4n) is 5.64. The molecule has 0 saturated heterocycles. The molecule has 0 spiro atoms. The van der Waals surface area contributed by atoms with E-state index in [1.807, 2.05) is 18.3 Å². The van der Waals surface area contributed by atoms with Crippen molar-refractivity contribution in [1.29, 1.82) is 0 Å². The molecule has 1 saturated carbocycles. The molecule has 0 bridgehead atoms. The number of hydrogen-bond donors (Lipinski definition) is 0. The maximum Gasteiger partial charge on any atom is 0.203 e. The summed E-state index contributed by atoms with van der Waals surface area (Å²) in [6.45, 7) is 5.52. The van der Waals surface area contributed by atoms with Gasteiger partial charge in [-0.05, 0) is 43.4 Å². The van der Waals surface area contributed by atoms with Gasteiger partial charge >= 0.3 is 0 Å². The highest BCUT2D eigenvalue weighted by Crippen LogP contribution is 2.40. The standard InChI is InChI=1S/C31H42FN3O3/c1-5-6-17-35-27(19-33-31(35)24-13-10-14-26(32)18-24)22-34(20-23-11-8-7-9-12-23)21-25-15-16-28(36-2)30(38-4)29(25)37-3/h10,13-16,18-19,23H,5-9,11-12,17,20-22H2,1-4H3. The van der Waals surface area contributed by atoms with Gasteiger partial charge in [-0.2, -0.15) is 0 Å². The molecule has 3 aromatic rings. The maximum absolute atomic E-state index is 14.1. The van der Waals surface area contributed by atoms with E-state index in [4.69, 9.17) is 19.2 Å². The van der Waals surface area contributed by atoms with E-state index in [1.54, 1.807) is 33.5 Å². The number of imidazole rings is 1. The van der Waals surface area contributed by atoms with Crippen LogP contribution in [-0.4, -0.2) is 42.3 Å². The lowest BCUT2D eigenvalue weighted by Gasteiger charge is -2.31. The first-order valence-corrected chi connectivity index (χ1v) is 13.9. The smallest absolute Gasteiger partial charge is 0.203 e. The Bertz CT molecular complexity index is 1170. The second-order valence-electron chi connectivity index (χ2n) is 10.3. The summed E-state index contributed by atoms with van der Waals surface area (Å²) >= 11 is 0. The van der Waals surface area contributed by atoms with Gasteiger partial charge in [-0.15, -0.1) is 0 Å². The molecule has 6 nitrogen and oxygen atoms in total. The van der Waals surface area contributed by atoms with Gasteiger partial charge in [0.15, 0.2) is 11.5 Å². The first kappa shape index (κ1) is 28.0. The van der Waals surface area contributed by atoms with Crippen LogP contribution in [0.1, 0.15) is 63.1 Å². The van der Waals surface area contributed by atoms with Crippen molar-refractivity contribution in [2.24, 2.45) is 5.92 Å². The second kappa shape index (κ2) is 13.7. The van der Waals surface area contributed by atoms with E-state index < -0.39 is 0 Å². The third-order valence-corrected chi connectivity index (χ3v) is 7.56. The van der Waals surface area contributed by atoms with E-state index in [2.05, 4.69) is 22.5 Å². The van der Waals surface area contributed by atoms with Crippen molar-refractivity contribution >= 4 is 0 Å². The zero-order valence-corrected chi connectivity index (χ0v) is 23.3. The number of rotatable bonds is 13. The van der Waals surface area contributed by atoms with Crippen molar-refractivity contribution in [1.82, 2.24) is 14.5 Å². The van der Waals surface area contributed by atoms with Crippen molar-refractivity contribution in [2.45, 2.75) is 71.5 Å². The van der Waals surface area contributed by atoms with E-state index in [0.717, 1.165) is 55.1 Å². The van der Waals surface area contributed by atoms with Crippen LogP contribution >= 0.6 is 0 Å². The van der Waals surface area contributed by atoms with Crippen molar-refractivity contribution in [2.75, 3.05) is 27.9 Å². The summed E-state index contributed by atoms with van der Waals surface area (Å²) in [5.74, 6) is 3.24. The summed E-state index contributed by atoms with van der Waals surface area (Å²) in [6.07, 6.45) is 10.6. The zero-order valence-electron chi connectivity index (χ0n) is 23.3. The summed E-state index contributed by atoms with van der Waals surface area (Å²) in [5, 5.41) is 0. The van der Waals surface area contributed by atoms with Crippen molar-refractivity contribution in [3.05, 3.63) is 59.7 Å². The van der Waals surface area contributed by atoms with Gasteiger partial charge in [-0.1, -0.05) is 50.8 Å². The molecule has 0 amide bonds. The highest BCUT2D eigenvalue weighted by atomic mass is 19.1. The molecule has 1 aliphatic carbocycles. The Labute approximate surface area is 226 Å². The molecular weight excluding hydrogens is 481 g/mol. The van der Waals surface area contributed by atoms with Crippen LogP contribution in [0.3, 0.4) is 0 Å². The van der Waals surface area contributed by atoms with Gasteiger partial charge in [0.1, 0.15) is 11.6 Å². The molecule has 1 aromatic heterocycles. The van der Waals surface area contributed by atoms with E-state index in [0.29, 0.717) is 29.7 Å². The molecule has 2 aromatic carbocycles. The van der Waals surface area contributed by atoms with Crippen LogP contribution in [0.4, 0.5) is 4.39 Å². The molecule has 206 valence electrons.